The number of urea groups is 1. The van der Waals surface area contributed by atoms with Crippen molar-refractivity contribution in [1.29, 1.82) is 0 Å². The van der Waals surface area contributed by atoms with Gasteiger partial charge in [-0.25, -0.2) is 9.78 Å². The number of likely N-dealkylation sites (N-methyl/N-ethyl adjacent to an activating group) is 1. The van der Waals surface area contributed by atoms with E-state index in [1.54, 1.807) is 11.3 Å². The van der Waals surface area contributed by atoms with E-state index in [1.165, 1.54) is 0 Å². The molecule has 1 aromatic heterocycles. The van der Waals surface area contributed by atoms with E-state index in [2.05, 4.69) is 15.6 Å². The van der Waals surface area contributed by atoms with Gasteiger partial charge in [0.25, 0.3) is 5.91 Å². The van der Waals surface area contributed by atoms with Crippen LogP contribution < -0.4 is 15.5 Å². The van der Waals surface area contributed by atoms with Crippen molar-refractivity contribution in [2.24, 2.45) is 0 Å². The van der Waals surface area contributed by atoms with Crippen molar-refractivity contribution in [3.8, 4) is 0 Å². The van der Waals surface area contributed by atoms with E-state index in [0.717, 1.165) is 26.5 Å². The number of nitrogens with zero attached hydrogens (tertiary/aromatic N) is 1. The minimum absolute atomic E-state index is 0.0459. The Morgan fingerprint density at radius 3 is 2.67 bits per heavy atom. The van der Waals surface area contributed by atoms with Crippen LogP contribution in [0.5, 0.6) is 0 Å². The first-order valence-corrected chi connectivity index (χ1v) is 9.00. The summed E-state index contributed by atoms with van der Waals surface area (Å²) in [5.74, 6) is -0.290. The van der Waals surface area contributed by atoms with Crippen molar-refractivity contribution in [3.63, 3.8) is 0 Å². The average molecular weight is 349 g/mol. The molecule has 1 unspecified atom stereocenters. The average Bonchev–Trinajstić information content (AvgIpc) is 2.97. The maximum absolute atomic E-state index is 12.0. The van der Waals surface area contributed by atoms with Crippen LogP contribution in [0.3, 0.4) is 0 Å². The number of carbonyl (C=O) groups is 2. The number of thiazole rings is 1. The molecule has 0 aliphatic carbocycles. The molecule has 6 nitrogen and oxygen atoms in total. The van der Waals surface area contributed by atoms with Crippen LogP contribution in [-0.4, -0.2) is 36.6 Å². The van der Waals surface area contributed by atoms with Gasteiger partial charge in [-0.15, -0.1) is 11.3 Å². The molecule has 0 aliphatic heterocycles. The summed E-state index contributed by atoms with van der Waals surface area (Å²) in [7, 11) is 1.93. The SMILES string of the molecule is CC[C@@H](C)NC(=O)NC(=O)C[NH+](C)[C@@H](C)c1nc2ccccc2s1. The highest BCUT2D eigenvalue weighted by molar-refractivity contribution is 7.18. The predicted molar refractivity (Wildman–Crippen MR) is 96.2 cm³/mol. The Balaban J connectivity index is 1.92. The van der Waals surface area contributed by atoms with Gasteiger partial charge in [-0.2, -0.15) is 0 Å². The van der Waals surface area contributed by atoms with E-state index in [4.69, 9.17) is 0 Å². The van der Waals surface area contributed by atoms with Crippen molar-refractivity contribution in [2.75, 3.05) is 13.6 Å². The third-order valence-electron chi connectivity index (χ3n) is 4.10. The number of benzene rings is 1. The summed E-state index contributed by atoms with van der Waals surface area (Å²) in [6.07, 6.45) is 0.821. The summed E-state index contributed by atoms with van der Waals surface area (Å²) in [6, 6.07) is 7.68. The largest absolute Gasteiger partial charge is 0.335 e. The molecule has 0 fully saturated rings. The summed E-state index contributed by atoms with van der Waals surface area (Å²) in [5, 5.41) is 6.10. The highest BCUT2D eigenvalue weighted by Gasteiger charge is 2.23. The molecule has 24 heavy (non-hydrogen) atoms. The van der Waals surface area contributed by atoms with Gasteiger partial charge in [-0.05, 0) is 32.4 Å². The lowest BCUT2D eigenvalue weighted by atomic mass is 10.3. The van der Waals surface area contributed by atoms with Gasteiger partial charge in [0.05, 0.1) is 17.3 Å². The van der Waals surface area contributed by atoms with Crippen LogP contribution in [0.4, 0.5) is 4.79 Å². The number of rotatable bonds is 6. The van der Waals surface area contributed by atoms with Crippen molar-refractivity contribution in [1.82, 2.24) is 15.6 Å². The zero-order valence-corrected chi connectivity index (χ0v) is 15.4. The van der Waals surface area contributed by atoms with Gasteiger partial charge in [0, 0.05) is 6.04 Å². The van der Waals surface area contributed by atoms with Crippen molar-refractivity contribution in [3.05, 3.63) is 29.3 Å². The summed E-state index contributed by atoms with van der Waals surface area (Å²) >= 11 is 1.64. The topological polar surface area (TPSA) is 75.5 Å². The molecule has 1 heterocycles. The van der Waals surface area contributed by atoms with E-state index in [0.29, 0.717) is 0 Å². The number of amides is 3. The van der Waals surface area contributed by atoms with Crippen LogP contribution in [0, 0.1) is 0 Å². The van der Waals surface area contributed by atoms with Gasteiger partial charge >= 0.3 is 6.03 Å². The second-order valence-electron chi connectivity index (χ2n) is 6.10. The number of hydrogen-bond acceptors (Lipinski definition) is 4. The Labute approximate surface area is 146 Å². The van der Waals surface area contributed by atoms with Crippen LogP contribution in [0.25, 0.3) is 10.2 Å². The van der Waals surface area contributed by atoms with Crippen LogP contribution in [-0.2, 0) is 4.79 Å². The summed E-state index contributed by atoms with van der Waals surface area (Å²) in [5.41, 5.74) is 0.981. The smallest absolute Gasteiger partial charge is 0.321 e. The summed E-state index contributed by atoms with van der Waals surface area (Å²) in [4.78, 5) is 29.4. The quantitative estimate of drug-likeness (QED) is 0.740. The summed E-state index contributed by atoms with van der Waals surface area (Å²) < 4.78 is 1.14. The molecule has 2 rings (SSSR count). The van der Waals surface area contributed by atoms with E-state index in [-0.39, 0.29) is 24.5 Å². The Kier molecular flexibility index (Phi) is 6.28. The minimum Gasteiger partial charge on any atom is -0.335 e. The predicted octanol–water partition coefficient (Wildman–Crippen LogP) is 1.50. The number of nitrogens with one attached hydrogen (secondary N) is 3. The minimum atomic E-state index is -0.435. The van der Waals surface area contributed by atoms with E-state index in [9.17, 15) is 9.59 Å². The molecule has 0 aliphatic rings. The molecule has 0 saturated heterocycles. The standard InChI is InChI=1S/C17H24N4O2S/c1-5-11(2)18-17(23)20-15(22)10-21(4)12(3)16-19-13-8-6-7-9-14(13)24-16/h6-9,11-12H,5,10H2,1-4H3,(H2,18,20,22,23)/p+1/t11-,12+/m1/s1. The fourth-order valence-electron chi connectivity index (χ4n) is 2.23. The molecular formula is C17H25N4O2S+. The van der Waals surface area contributed by atoms with Gasteiger partial charge in [0.15, 0.2) is 11.6 Å². The molecule has 3 N–H and O–H groups in total. The fraction of sp³-hybridized carbons (Fsp3) is 0.471. The lowest BCUT2D eigenvalue weighted by Crippen LogP contribution is -3.10. The van der Waals surface area contributed by atoms with Crippen molar-refractivity contribution >= 4 is 33.5 Å². The molecule has 3 amide bonds. The lowest BCUT2D eigenvalue weighted by molar-refractivity contribution is -0.902. The number of hydrogen-bond donors (Lipinski definition) is 3. The number of imide groups is 1. The summed E-state index contributed by atoms with van der Waals surface area (Å²) in [6.45, 7) is 6.13. The first-order valence-electron chi connectivity index (χ1n) is 8.18. The van der Waals surface area contributed by atoms with E-state index >= 15 is 0 Å². The maximum atomic E-state index is 12.0. The zero-order valence-electron chi connectivity index (χ0n) is 14.6. The second-order valence-corrected chi connectivity index (χ2v) is 7.16. The monoisotopic (exact) mass is 349 g/mol. The molecular weight excluding hydrogens is 324 g/mol. The Bertz CT molecular complexity index is 682. The molecule has 130 valence electrons. The van der Waals surface area contributed by atoms with Crippen LogP contribution >= 0.6 is 11.3 Å². The van der Waals surface area contributed by atoms with Crippen LogP contribution in [0.2, 0.25) is 0 Å². The second kappa shape index (κ2) is 8.21. The number of quaternary nitrogens is 1. The number of aromatic nitrogens is 1. The van der Waals surface area contributed by atoms with Gasteiger partial charge < -0.3 is 10.2 Å². The molecule has 0 bridgehead atoms. The molecule has 3 atom stereocenters. The third kappa shape index (κ3) is 4.75. The Hall–Kier alpha value is -1.99. The first-order chi connectivity index (χ1) is 11.4. The van der Waals surface area contributed by atoms with Crippen LogP contribution in [0.1, 0.15) is 38.2 Å². The Morgan fingerprint density at radius 1 is 1.29 bits per heavy atom. The molecule has 0 radical (unpaired) electrons. The molecule has 0 saturated carbocycles. The number of carbonyl (C=O) groups excluding carboxylic acids is 2. The fourth-order valence-corrected chi connectivity index (χ4v) is 3.34. The number of fused-ring (bicyclic) bond motifs is 1. The van der Waals surface area contributed by atoms with Crippen molar-refractivity contribution in [2.45, 2.75) is 39.3 Å². The Morgan fingerprint density at radius 2 is 2.00 bits per heavy atom. The molecule has 7 heteroatoms. The van der Waals surface area contributed by atoms with Gasteiger partial charge in [0.2, 0.25) is 0 Å². The first kappa shape index (κ1) is 18.4. The molecule has 2 aromatic rings. The van der Waals surface area contributed by atoms with Gasteiger partial charge in [-0.1, -0.05) is 19.1 Å². The maximum Gasteiger partial charge on any atom is 0.321 e. The number of para-hydroxylation sites is 1. The zero-order chi connectivity index (χ0) is 17.7. The van der Waals surface area contributed by atoms with Gasteiger partial charge in [-0.3, -0.25) is 10.1 Å². The van der Waals surface area contributed by atoms with E-state index < -0.39 is 6.03 Å². The van der Waals surface area contributed by atoms with Crippen LogP contribution in [0.15, 0.2) is 24.3 Å². The van der Waals surface area contributed by atoms with E-state index in [1.807, 2.05) is 52.1 Å². The lowest BCUT2D eigenvalue weighted by Gasteiger charge is -2.19. The third-order valence-corrected chi connectivity index (χ3v) is 5.32. The molecule has 1 aromatic carbocycles. The normalized spacial score (nSPS) is 14.8. The highest BCUT2D eigenvalue weighted by atomic mass is 32.1. The highest BCUT2D eigenvalue weighted by Crippen LogP contribution is 2.24. The van der Waals surface area contributed by atoms with Crippen molar-refractivity contribution < 1.29 is 14.5 Å². The molecule has 0 spiro atoms. The van der Waals surface area contributed by atoms with Gasteiger partial charge in [0.1, 0.15) is 6.04 Å².